The number of ether oxygens (including phenoxy) is 1. The van der Waals surface area contributed by atoms with Crippen molar-refractivity contribution in [2.45, 2.75) is 32.1 Å². The van der Waals surface area contributed by atoms with Crippen molar-refractivity contribution in [1.29, 1.82) is 0 Å². The molecule has 0 saturated carbocycles. The molecular formula is C15H21NO2. The van der Waals surface area contributed by atoms with E-state index in [0.29, 0.717) is 6.61 Å². The highest BCUT2D eigenvalue weighted by Crippen LogP contribution is 2.30. The van der Waals surface area contributed by atoms with Crippen LogP contribution < -0.4 is 5.73 Å². The fraction of sp³-hybridized carbons (Fsp3) is 0.533. The SMILES string of the molecule is CC(C)(C(=O)C1CCCOC1)c1ccc(N)cc1. The van der Waals surface area contributed by atoms with Crippen molar-refractivity contribution < 1.29 is 9.53 Å². The number of rotatable bonds is 3. The lowest BCUT2D eigenvalue weighted by atomic mass is 9.74. The number of hydrogen-bond acceptors (Lipinski definition) is 3. The minimum atomic E-state index is -0.473. The summed E-state index contributed by atoms with van der Waals surface area (Å²) in [7, 11) is 0. The first kappa shape index (κ1) is 13.1. The van der Waals surface area contributed by atoms with E-state index in [-0.39, 0.29) is 11.7 Å². The zero-order valence-electron chi connectivity index (χ0n) is 11.1. The molecule has 0 amide bonds. The lowest BCUT2D eigenvalue weighted by Crippen LogP contribution is -2.38. The van der Waals surface area contributed by atoms with Gasteiger partial charge < -0.3 is 10.5 Å². The Hall–Kier alpha value is -1.35. The number of carbonyl (C=O) groups is 1. The van der Waals surface area contributed by atoms with Gasteiger partial charge in [-0.15, -0.1) is 0 Å². The van der Waals surface area contributed by atoms with Crippen molar-refractivity contribution in [3.05, 3.63) is 29.8 Å². The number of Topliss-reactive ketones (excluding diaryl/α,β-unsaturated/α-hetero) is 1. The standard InChI is InChI=1S/C15H21NO2/c1-15(2,12-5-7-13(16)8-6-12)14(17)11-4-3-9-18-10-11/h5-8,11H,3-4,9-10,16H2,1-2H3. The normalized spacial score (nSPS) is 20.7. The molecule has 1 aromatic carbocycles. The van der Waals surface area contributed by atoms with Gasteiger partial charge >= 0.3 is 0 Å². The van der Waals surface area contributed by atoms with Crippen LogP contribution in [-0.2, 0) is 14.9 Å². The van der Waals surface area contributed by atoms with Crippen LogP contribution in [0.15, 0.2) is 24.3 Å². The van der Waals surface area contributed by atoms with E-state index in [4.69, 9.17) is 10.5 Å². The number of hydrogen-bond donors (Lipinski definition) is 1. The Morgan fingerprint density at radius 3 is 2.56 bits per heavy atom. The molecule has 0 aliphatic carbocycles. The molecule has 1 heterocycles. The fourth-order valence-electron chi connectivity index (χ4n) is 2.50. The second-order valence-electron chi connectivity index (χ2n) is 5.53. The predicted molar refractivity (Wildman–Crippen MR) is 72.4 cm³/mol. The van der Waals surface area contributed by atoms with Gasteiger partial charge in [-0.2, -0.15) is 0 Å². The van der Waals surface area contributed by atoms with Crippen LogP contribution in [0, 0.1) is 5.92 Å². The lowest BCUT2D eigenvalue weighted by molar-refractivity contribution is -0.131. The summed E-state index contributed by atoms with van der Waals surface area (Å²) in [4.78, 5) is 12.6. The van der Waals surface area contributed by atoms with Gasteiger partial charge in [-0.1, -0.05) is 12.1 Å². The molecule has 0 bridgehead atoms. The summed E-state index contributed by atoms with van der Waals surface area (Å²) < 4.78 is 5.41. The van der Waals surface area contributed by atoms with Crippen molar-refractivity contribution in [3.8, 4) is 0 Å². The van der Waals surface area contributed by atoms with Crippen LogP contribution in [0.1, 0.15) is 32.3 Å². The minimum Gasteiger partial charge on any atom is -0.399 e. The molecule has 1 fully saturated rings. The Morgan fingerprint density at radius 1 is 1.33 bits per heavy atom. The molecule has 3 heteroatoms. The first-order valence-electron chi connectivity index (χ1n) is 6.50. The third-order valence-electron chi connectivity index (χ3n) is 3.78. The molecule has 1 aliphatic rings. The summed E-state index contributed by atoms with van der Waals surface area (Å²) in [5, 5.41) is 0. The van der Waals surface area contributed by atoms with Crippen LogP contribution in [0.5, 0.6) is 0 Å². The first-order valence-corrected chi connectivity index (χ1v) is 6.50. The Bertz CT molecular complexity index is 417. The molecule has 2 N–H and O–H groups in total. The predicted octanol–water partition coefficient (Wildman–Crippen LogP) is 2.54. The number of anilines is 1. The Labute approximate surface area is 108 Å². The summed E-state index contributed by atoms with van der Waals surface area (Å²) in [5.74, 6) is 0.304. The molecule has 0 aromatic heterocycles. The van der Waals surface area contributed by atoms with E-state index in [1.165, 1.54) is 0 Å². The van der Waals surface area contributed by atoms with Crippen LogP contribution in [0.4, 0.5) is 5.69 Å². The highest BCUT2D eigenvalue weighted by Gasteiger charge is 2.35. The van der Waals surface area contributed by atoms with Crippen LogP contribution >= 0.6 is 0 Å². The van der Waals surface area contributed by atoms with Crippen LogP contribution in [0.3, 0.4) is 0 Å². The molecule has 1 saturated heterocycles. The summed E-state index contributed by atoms with van der Waals surface area (Å²) in [6, 6.07) is 7.58. The molecule has 3 nitrogen and oxygen atoms in total. The van der Waals surface area contributed by atoms with E-state index in [9.17, 15) is 4.79 Å². The highest BCUT2D eigenvalue weighted by atomic mass is 16.5. The van der Waals surface area contributed by atoms with Crippen molar-refractivity contribution in [2.24, 2.45) is 5.92 Å². The van der Waals surface area contributed by atoms with E-state index in [1.807, 2.05) is 38.1 Å². The molecule has 1 unspecified atom stereocenters. The molecular weight excluding hydrogens is 226 g/mol. The summed E-state index contributed by atoms with van der Waals surface area (Å²) in [5.41, 5.74) is 6.96. The topological polar surface area (TPSA) is 52.3 Å². The second-order valence-corrected chi connectivity index (χ2v) is 5.53. The van der Waals surface area contributed by atoms with Gasteiger partial charge in [0, 0.05) is 23.6 Å². The van der Waals surface area contributed by atoms with Gasteiger partial charge in [-0.05, 0) is 44.4 Å². The zero-order valence-corrected chi connectivity index (χ0v) is 11.1. The third kappa shape index (κ3) is 2.56. The van der Waals surface area contributed by atoms with Gasteiger partial charge in [-0.3, -0.25) is 4.79 Å². The Kier molecular flexibility index (Phi) is 3.71. The first-order chi connectivity index (χ1) is 8.51. The van der Waals surface area contributed by atoms with Crippen molar-refractivity contribution in [1.82, 2.24) is 0 Å². The second kappa shape index (κ2) is 5.11. The Morgan fingerprint density at radius 2 is 2.00 bits per heavy atom. The molecule has 18 heavy (non-hydrogen) atoms. The number of carbonyl (C=O) groups excluding carboxylic acids is 1. The minimum absolute atomic E-state index is 0.0336. The van der Waals surface area contributed by atoms with Gasteiger partial charge in [-0.25, -0.2) is 0 Å². The quantitative estimate of drug-likeness (QED) is 0.835. The van der Waals surface area contributed by atoms with Gasteiger partial charge in [0.25, 0.3) is 0 Å². The van der Waals surface area contributed by atoms with E-state index < -0.39 is 5.41 Å². The number of nitrogens with two attached hydrogens (primary N) is 1. The lowest BCUT2D eigenvalue weighted by Gasteiger charge is -2.30. The van der Waals surface area contributed by atoms with Gasteiger partial charge in [0.05, 0.1) is 6.61 Å². The smallest absolute Gasteiger partial charge is 0.148 e. The van der Waals surface area contributed by atoms with Crippen molar-refractivity contribution >= 4 is 11.5 Å². The zero-order chi connectivity index (χ0) is 13.2. The van der Waals surface area contributed by atoms with Gasteiger partial charge in [0.1, 0.15) is 5.78 Å². The van der Waals surface area contributed by atoms with Crippen molar-refractivity contribution in [3.63, 3.8) is 0 Å². The van der Waals surface area contributed by atoms with E-state index >= 15 is 0 Å². The van der Waals surface area contributed by atoms with E-state index in [0.717, 1.165) is 30.7 Å². The molecule has 1 atom stereocenters. The summed E-state index contributed by atoms with van der Waals surface area (Å²) >= 11 is 0. The maximum absolute atomic E-state index is 12.6. The van der Waals surface area contributed by atoms with E-state index in [2.05, 4.69) is 0 Å². The van der Waals surface area contributed by atoms with Crippen LogP contribution in [0.25, 0.3) is 0 Å². The molecule has 2 rings (SSSR count). The number of ketones is 1. The highest BCUT2D eigenvalue weighted by molar-refractivity contribution is 5.91. The maximum atomic E-state index is 12.6. The molecule has 0 radical (unpaired) electrons. The average Bonchev–Trinajstić information content (AvgIpc) is 2.39. The molecule has 98 valence electrons. The van der Waals surface area contributed by atoms with Crippen LogP contribution in [0.2, 0.25) is 0 Å². The van der Waals surface area contributed by atoms with E-state index in [1.54, 1.807) is 0 Å². The largest absolute Gasteiger partial charge is 0.399 e. The van der Waals surface area contributed by atoms with Crippen LogP contribution in [-0.4, -0.2) is 19.0 Å². The summed E-state index contributed by atoms with van der Waals surface area (Å²) in [6.45, 7) is 5.31. The molecule has 1 aliphatic heterocycles. The van der Waals surface area contributed by atoms with Gasteiger partial charge in [0.2, 0.25) is 0 Å². The molecule has 0 spiro atoms. The third-order valence-corrected chi connectivity index (χ3v) is 3.78. The Balaban J connectivity index is 2.18. The monoisotopic (exact) mass is 247 g/mol. The number of nitrogen functional groups attached to an aromatic ring is 1. The molecule has 1 aromatic rings. The average molecular weight is 247 g/mol. The van der Waals surface area contributed by atoms with Gasteiger partial charge in [0.15, 0.2) is 0 Å². The maximum Gasteiger partial charge on any atom is 0.148 e. The number of benzene rings is 1. The summed E-state index contributed by atoms with van der Waals surface area (Å²) in [6.07, 6.45) is 1.92. The fourth-order valence-corrected chi connectivity index (χ4v) is 2.50. The van der Waals surface area contributed by atoms with Crippen molar-refractivity contribution in [2.75, 3.05) is 18.9 Å².